The zero-order chi connectivity index (χ0) is 19.6. The lowest BCUT2D eigenvalue weighted by Gasteiger charge is -2.08. The molecule has 0 saturated heterocycles. The molecule has 0 aliphatic heterocycles. The van der Waals surface area contributed by atoms with E-state index < -0.39 is 0 Å². The Balaban J connectivity index is 1.89. The largest absolute Gasteiger partial charge is 0.493 e. The van der Waals surface area contributed by atoms with Gasteiger partial charge in [-0.3, -0.25) is 0 Å². The number of nitriles is 1. The zero-order valence-corrected chi connectivity index (χ0v) is 15.4. The first kappa shape index (κ1) is 18.9. The van der Waals surface area contributed by atoms with Gasteiger partial charge in [0, 0.05) is 11.1 Å². The quantitative estimate of drug-likeness (QED) is 0.456. The van der Waals surface area contributed by atoms with Crippen molar-refractivity contribution in [3.8, 4) is 17.6 Å². The van der Waals surface area contributed by atoms with Gasteiger partial charge in [-0.25, -0.2) is 0 Å². The van der Waals surface area contributed by atoms with E-state index in [4.69, 9.17) is 14.7 Å². The fourth-order valence-corrected chi connectivity index (χ4v) is 2.62. The van der Waals surface area contributed by atoms with Crippen molar-refractivity contribution >= 4 is 11.9 Å². The summed E-state index contributed by atoms with van der Waals surface area (Å²) in [7, 11) is 1.55. The molecule has 3 rings (SSSR count). The number of hydrogen-bond donors (Lipinski definition) is 0. The molecule has 0 aliphatic rings. The van der Waals surface area contributed by atoms with E-state index in [2.05, 4.69) is 10.2 Å². The molecule has 5 heteroatoms. The molecule has 0 N–H and O–H groups in total. The summed E-state index contributed by atoms with van der Waals surface area (Å²) in [6.45, 7) is -0.0361. The molecule has 0 radical (unpaired) electrons. The summed E-state index contributed by atoms with van der Waals surface area (Å²) >= 11 is 0. The Kier molecular flexibility index (Phi) is 6.53. The van der Waals surface area contributed by atoms with E-state index in [1.54, 1.807) is 25.5 Å². The predicted molar refractivity (Wildman–Crippen MR) is 110 cm³/mol. The van der Waals surface area contributed by atoms with Crippen molar-refractivity contribution in [1.29, 1.82) is 5.26 Å². The highest BCUT2D eigenvalue weighted by Gasteiger charge is 2.07. The van der Waals surface area contributed by atoms with E-state index in [9.17, 15) is 0 Å². The second kappa shape index (κ2) is 9.70. The second-order valence-corrected chi connectivity index (χ2v) is 5.78. The summed E-state index contributed by atoms with van der Waals surface area (Å²) in [5.74, 6) is 1.05. The van der Waals surface area contributed by atoms with Crippen LogP contribution in [-0.4, -0.2) is 25.6 Å². The van der Waals surface area contributed by atoms with Crippen LogP contribution in [0.4, 0.5) is 0 Å². The minimum Gasteiger partial charge on any atom is -0.493 e. The Bertz CT molecular complexity index is 966. The second-order valence-electron chi connectivity index (χ2n) is 5.78. The molecule has 0 atom stereocenters. The third-order valence-electron chi connectivity index (χ3n) is 3.94. The Morgan fingerprint density at radius 1 is 0.929 bits per heavy atom. The van der Waals surface area contributed by atoms with Crippen molar-refractivity contribution in [2.24, 2.45) is 10.2 Å². The maximum atomic E-state index is 8.65. The molecule has 0 aromatic heterocycles. The van der Waals surface area contributed by atoms with Gasteiger partial charge in [-0.2, -0.15) is 10.4 Å². The average Bonchev–Trinajstić information content (AvgIpc) is 2.76. The summed E-state index contributed by atoms with van der Waals surface area (Å²) in [5.41, 5.74) is 3.58. The number of nitrogens with zero attached hydrogens (tertiary/aromatic N) is 3. The molecule has 0 unspecified atom stereocenters. The highest BCUT2D eigenvalue weighted by atomic mass is 16.5. The molecule has 138 valence electrons. The molecule has 0 bridgehead atoms. The lowest BCUT2D eigenvalue weighted by Crippen LogP contribution is -2.02. The van der Waals surface area contributed by atoms with Gasteiger partial charge >= 0.3 is 0 Å². The summed E-state index contributed by atoms with van der Waals surface area (Å²) in [4.78, 5) is 0. The van der Waals surface area contributed by atoms with Gasteiger partial charge in [0.1, 0.15) is 11.8 Å². The molecule has 0 heterocycles. The van der Waals surface area contributed by atoms with E-state index in [1.807, 2.05) is 72.8 Å². The summed E-state index contributed by atoms with van der Waals surface area (Å²) in [6.07, 6.45) is 1.66. The van der Waals surface area contributed by atoms with Gasteiger partial charge in [0.25, 0.3) is 0 Å². The van der Waals surface area contributed by atoms with Gasteiger partial charge in [-0.05, 0) is 23.8 Å². The fraction of sp³-hybridized carbons (Fsp3) is 0.0870. The first-order chi connectivity index (χ1) is 13.8. The van der Waals surface area contributed by atoms with Crippen molar-refractivity contribution in [1.82, 2.24) is 0 Å². The normalized spacial score (nSPS) is 10.3. The monoisotopic (exact) mass is 369 g/mol. The van der Waals surface area contributed by atoms with Crippen LogP contribution >= 0.6 is 0 Å². The number of ether oxygens (including phenoxy) is 2. The van der Waals surface area contributed by atoms with Crippen molar-refractivity contribution in [3.05, 3.63) is 95.6 Å². The standard InChI is InChI=1S/C23H19N3O2/c1-27-22-16-18(12-13-21(22)28-15-14-24)17-25-26-23(19-8-4-2-5-9-19)20-10-6-3-7-11-20/h2-13,16-17H,15H2,1H3/b25-17-. The van der Waals surface area contributed by atoms with Crippen LogP contribution in [0.5, 0.6) is 11.5 Å². The number of hydrogen-bond acceptors (Lipinski definition) is 5. The maximum absolute atomic E-state index is 8.65. The molecule has 3 aromatic carbocycles. The Labute approximate surface area is 164 Å². The lowest BCUT2D eigenvalue weighted by atomic mass is 10.0. The van der Waals surface area contributed by atoms with Gasteiger partial charge < -0.3 is 9.47 Å². The highest BCUT2D eigenvalue weighted by molar-refractivity contribution is 6.12. The summed E-state index contributed by atoms with van der Waals surface area (Å²) < 4.78 is 10.6. The molecule has 0 aliphatic carbocycles. The average molecular weight is 369 g/mol. The van der Waals surface area contributed by atoms with Crippen LogP contribution in [0.1, 0.15) is 16.7 Å². The number of benzene rings is 3. The van der Waals surface area contributed by atoms with Crippen molar-refractivity contribution in [3.63, 3.8) is 0 Å². The van der Waals surface area contributed by atoms with E-state index in [1.165, 1.54) is 0 Å². The summed E-state index contributed by atoms with van der Waals surface area (Å²) in [6, 6.07) is 27.2. The van der Waals surface area contributed by atoms with Crippen LogP contribution in [0.3, 0.4) is 0 Å². The highest BCUT2D eigenvalue weighted by Crippen LogP contribution is 2.27. The molecule has 5 nitrogen and oxygen atoms in total. The predicted octanol–water partition coefficient (Wildman–Crippen LogP) is 4.47. The first-order valence-corrected chi connectivity index (χ1v) is 8.71. The Hall–Kier alpha value is -3.91. The van der Waals surface area contributed by atoms with Crippen LogP contribution in [0.25, 0.3) is 0 Å². The van der Waals surface area contributed by atoms with Crippen LogP contribution < -0.4 is 9.47 Å². The van der Waals surface area contributed by atoms with Crippen molar-refractivity contribution in [2.75, 3.05) is 13.7 Å². The third-order valence-corrected chi connectivity index (χ3v) is 3.94. The topological polar surface area (TPSA) is 67.0 Å². The van der Waals surface area contributed by atoms with Gasteiger partial charge in [0.2, 0.25) is 0 Å². The molecule has 0 amide bonds. The molecule has 3 aromatic rings. The Morgan fingerprint density at radius 2 is 1.57 bits per heavy atom. The maximum Gasteiger partial charge on any atom is 0.174 e. The van der Waals surface area contributed by atoms with Gasteiger partial charge in [-0.1, -0.05) is 60.7 Å². The van der Waals surface area contributed by atoms with Crippen molar-refractivity contribution < 1.29 is 9.47 Å². The number of rotatable bonds is 7. The smallest absolute Gasteiger partial charge is 0.174 e. The minimum atomic E-state index is -0.0361. The van der Waals surface area contributed by atoms with E-state index in [0.29, 0.717) is 11.5 Å². The molecule has 0 saturated carbocycles. The van der Waals surface area contributed by atoms with E-state index >= 15 is 0 Å². The zero-order valence-electron chi connectivity index (χ0n) is 15.4. The first-order valence-electron chi connectivity index (χ1n) is 8.71. The molecular weight excluding hydrogens is 350 g/mol. The van der Waals surface area contributed by atoms with Gasteiger partial charge in [-0.15, -0.1) is 5.10 Å². The van der Waals surface area contributed by atoms with Crippen LogP contribution in [-0.2, 0) is 0 Å². The fourth-order valence-electron chi connectivity index (χ4n) is 2.62. The molecular formula is C23H19N3O2. The molecule has 0 fully saturated rings. The third kappa shape index (κ3) is 4.83. The van der Waals surface area contributed by atoms with Gasteiger partial charge in [0.15, 0.2) is 18.1 Å². The summed E-state index contributed by atoms with van der Waals surface area (Å²) in [5, 5.41) is 17.4. The molecule has 0 spiro atoms. The van der Waals surface area contributed by atoms with Crippen LogP contribution in [0.2, 0.25) is 0 Å². The van der Waals surface area contributed by atoms with Gasteiger partial charge in [0.05, 0.1) is 13.3 Å². The Morgan fingerprint density at radius 3 is 2.14 bits per heavy atom. The minimum absolute atomic E-state index is 0.0361. The van der Waals surface area contributed by atoms with E-state index in [0.717, 1.165) is 22.4 Å². The van der Waals surface area contributed by atoms with Crippen molar-refractivity contribution in [2.45, 2.75) is 0 Å². The molecule has 28 heavy (non-hydrogen) atoms. The number of methoxy groups -OCH3 is 1. The van der Waals surface area contributed by atoms with Crippen LogP contribution in [0, 0.1) is 11.3 Å². The van der Waals surface area contributed by atoms with E-state index in [-0.39, 0.29) is 6.61 Å². The SMILES string of the molecule is COc1cc(/C=N\N=C(c2ccccc2)c2ccccc2)ccc1OCC#N. The lowest BCUT2D eigenvalue weighted by molar-refractivity contribution is 0.329. The van der Waals surface area contributed by atoms with Crippen LogP contribution in [0.15, 0.2) is 89.1 Å².